The van der Waals surface area contributed by atoms with Crippen LogP contribution < -0.4 is 0 Å². The van der Waals surface area contributed by atoms with E-state index in [1.54, 1.807) is 11.9 Å². The van der Waals surface area contributed by atoms with Crippen molar-refractivity contribution in [2.45, 2.75) is 52.7 Å². The SMILES string of the molecule is C/C=C/[C@H](CC(=O)N(C)[C@@H](C)[C@@H](O)c1ccccc1)CC(C)C. The Labute approximate surface area is 141 Å². The topological polar surface area (TPSA) is 40.5 Å². The van der Waals surface area contributed by atoms with E-state index in [1.165, 1.54) is 0 Å². The summed E-state index contributed by atoms with van der Waals surface area (Å²) in [7, 11) is 1.78. The van der Waals surface area contributed by atoms with Gasteiger partial charge in [-0.25, -0.2) is 0 Å². The largest absolute Gasteiger partial charge is 0.386 e. The summed E-state index contributed by atoms with van der Waals surface area (Å²) in [5.74, 6) is 0.897. The number of hydrogen-bond acceptors (Lipinski definition) is 2. The van der Waals surface area contributed by atoms with Crippen molar-refractivity contribution in [1.82, 2.24) is 4.90 Å². The maximum Gasteiger partial charge on any atom is 0.223 e. The predicted octanol–water partition coefficient (Wildman–Crippen LogP) is 4.20. The molecule has 0 aliphatic rings. The molecule has 3 heteroatoms. The average Bonchev–Trinajstić information content (AvgIpc) is 2.53. The number of aliphatic hydroxyl groups excluding tert-OH is 1. The number of nitrogens with zero attached hydrogens (tertiary/aromatic N) is 1. The summed E-state index contributed by atoms with van der Waals surface area (Å²) in [5, 5.41) is 10.5. The van der Waals surface area contributed by atoms with Gasteiger partial charge in [0.1, 0.15) is 0 Å². The number of likely N-dealkylation sites (N-methyl/N-ethyl adjacent to an activating group) is 1. The van der Waals surface area contributed by atoms with E-state index < -0.39 is 6.10 Å². The summed E-state index contributed by atoms with van der Waals surface area (Å²) in [4.78, 5) is 14.2. The fraction of sp³-hybridized carbons (Fsp3) is 0.550. The van der Waals surface area contributed by atoms with Crippen molar-refractivity contribution in [2.75, 3.05) is 7.05 Å². The van der Waals surface area contributed by atoms with Crippen LogP contribution >= 0.6 is 0 Å². The van der Waals surface area contributed by atoms with Crippen molar-refractivity contribution in [3.63, 3.8) is 0 Å². The molecule has 0 radical (unpaired) electrons. The molecule has 0 aromatic heterocycles. The fourth-order valence-corrected chi connectivity index (χ4v) is 2.84. The predicted molar refractivity (Wildman–Crippen MR) is 96.0 cm³/mol. The number of carbonyl (C=O) groups excluding carboxylic acids is 1. The van der Waals surface area contributed by atoms with E-state index in [2.05, 4.69) is 19.9 Å². The van der Waals surface area contributed by atoms with Crippen molar-refractivity contribution in [3.05, 3.63) is 48.0 Å². The van der Waals surface area contributed by atoms with Gasteiger partial charge in [-0.2, -0.15) is 0 Å². The molecule has 0 spiro atoms. The van der Waals surface area contributed by atoms with E-state index in [0.29, 0.717) is 12.3 Å². The number of carbonyl (C=O) groups is 1. The minimum absolute atomic E-state index is 0.0798. The Morgan fingerprint density at radius 2 is 1.83 bits per heavy atom. The molecule has 3 atom stereocenters. The minimum atomic E-state index is -0.671. The summed E-state index contributed by atoms with van der Waals surface area (Å²) in [6, 6.07) is 9.25. The van der Waals surface area contributed by atoms with Crippen molar-refractivity contribution >= 4 is 5.91 Å². The third kappa shape index (κ3) is 6.19. The summed E-state index contributed by atoms with van der Waals surface area (Å²) in [6.07, 6.45) is 4.95. The zero-order chi connectivity index (χ0) is 17.4. The molecular weight excluding hydrogens is 286 g/mol. The summed E-state index contributed by atoms with van der Waals surface area (Å²) in [5.41, 5.74) is 0.840. The lowest BCUT2D eigenvalue weighted by molar-refractivity contribution is -0.134. The number of amides is 1. The maximum absolute atomic E-state index is 12.6. The van der Waals surface area contributed by atoms with Gasteiger partial charge in [-0.3, -0.25) is 4.79 Å². The quantitative estimate of drug-likeness (QED) is 0.730. The molecule has 128 valence electrons. The number of rotatable bonds is 8. The first-order valence-electron chi connectivity index (χ1n) is 8.48. The van der Waals surface area contributed by atoms with Gasteiger partial charge in [0.2, 0.25) is 5.91 Å². The number of benzene rings is 1. The molecule has 3 nitrogen and oxygen atoms in total. The van der Waals surface area contributed by atoms with Crippen molar-refractivity contribution in [1.29, 1.82) is 0 Å². The fourth-order valence-electron chi connectivity index (χ4n) is 2.84. The monoisotopic (exact) mass is 317 g/mol. The molecular formula is C20H31NO2. The molecule has 1 aromatic rings. The molecule has 1 amide bonds. The normalized spacial score (nSPS) is 15.6. The Balaban J connectivity index is 2.70. The van der Waals surface area contributed by atoms with E-state index in [1.807, 2.05) is 50.3 Å². The van der Waals surface area contributed by atoms with Gasteiger partial charge in [-0.1, -0.05) is 56.3 Å². The molecule has 1 N–H and O–H groups in total. The lowest BCUT2D eigenvalue weighted by Crippen LogP contribution is -2.39. The van der Waals surface area contributed by atoms with E-state index in [-0.39, 0.29) is 17.9 Å². The Bertz CT molecular complexity index is 496. The molecule has 1 rings (SSSR count). The molecule has 1 aromatic carbocycles. The summed E-state index contributed by atoms with van der Waals surface area (Å²) in [6.45, 7) is 8.23. The number of aliphatic hydroxyl groups is 1. The highest BCUT2D eigenvalue weighted by atomic mass is 16.3. The summed E-state index contributed by atoms with van der Waals surface area (Å²) >= 11 is 0. The van der Waals surface area contributed by atoms with E-state index in [0.717, 1.165) is 12.0 Å². The first-order chi connectivity index (χ1) is 10.9. The lowest BCUT2D eigenvalue weighted by atomic mass is 9.92. The molecule has 0 saturated heterocycles. The third-order valence-electron chi connectivity index (χ3n) is 4.28. The molecule has 0 saturated carbocycles. The number of hydrogen-bond donors (Lipinski definition) is 1. The molecule has 23 heavy (non-hydrogen) atoms. The molecule has 0 bridgehead atoms. The van der Waals surface area contributed by atoms with Gasteiger partial charge >= 0.3 is 0 Å². The van der Waals surface area contributed by atoms with Crippen LogP contribution in [0.25, 0.3) is 0 Å². The Morgan fingerprint density at radius 1 is 1.22 bits per heavy atom. The van der Waals surface area contributed by atoms with Gasteiger partial charge in [0.15, 0.2) is 0 Å². The zero-order valence-corrected chi connectivity index (χ0v) is 15.1. The van der Waals surface area contributed by atoms with Gasteiger partial charge in [0, 0.05) is 13.5 Å². The van der Waals surface area contributed by atoms with Crippen molar-refractivity contribution in [3.8, 4) is 0 Å². The van der Waals surface area contributed by atoms with Crippen molar-refractivity contribution < 1.29 is 9.90 Å². The Kier molecular flexibility index (Phi) is 8.04. The van der Waals surface area contributed by atoms with Crippen molar-refractivity contribution in [2.24, 2.45) is 11.8 Å². The highest BCUT2D eigenvalue weighted by Gasteiger charge is 2.25. The molecule has 0 unspecified atom stereocenters. The maximum atomic E-state index is 12.6. The zero-order valence-electron chi connectivity index (χ0n) is 15.1. The molecule has 0 aliphatic carbocycles. The first-order valence-corrected chi connectivity index (χ1v) is 8.48. The van der Waals surface area contributed by atoms with Crippen LogP contribution in [0.15, 0.2) is 42.5 Å². The highest BCUT2D eigenvalue weighted by Crippen LogP contribution is 2.23. The van der Waals surface area contributed by atoms with Gasteiger partial charge < -0.3 is 10.0 Å². The second-order valence-corrected chi connectivity index (χ2v) is 6.72. The Hall–Kier alpha value is -1.61. The number of allylic oxidation sites excluding steroid dienone is 2. The standard InChI is InChI=1S/C20H31NO2/c1-6-10-17(13-15(2)3)14-19(22)21(5)16(4)20(23)18-11-8-7-9-12-18/h6-12,15-17,20,23H,13-14H2,1-5H3/b10-6+/t16-,17-,20+/m0/s1. The first kappa shape index (κ1) is 19.4. The smallest absolute Gasteiger partial charge is 0.223 e. The van der Waals surface area contributed by atoms with Gasteiger partial charge in [-0.05, 0) is 37.7 Å². The van der Waals surface area contributed by atoms with Gasteiger partial charge in [0.05, 0.1) is 12.1 Å². The van der Waals surface area contributed by atoms with Crippen LogP contribution in [0.4, 0.5) is 0 Å². The average molecular weight is 317 g/mol. The van der Waals surface area contributed by atoms with Crippen LogP contribution in [0.3, 0.4) is 0 Å². The highest BCUT2D eigenvalue weighted by molar-refractivity contribution is 5.76. The third-order valence-corrected chi connectivity index (χ3v) is 4.28. The van der Waals surface area contributed by atoms with E-state index >= 15 is 0 Å². The van der Waals surface area contributed by atoms with Crippen LogP contribution in [0.1, 0.15) is 52.2 Å². The molecule has 0 heterocycles. The van der Waals surface area contributed by atoms with Gasteiger partial charge in [0.25, 0.3) is 0 Å². The Morgan fingerprint density at radius 3 is 2.35 bits per heavy atom. The second kappa shape index (κ2) is 9.51. The molecule has 0 aliphatic heterocycles. The van der Waals surface area contributed by atoms with Crippen LogP contribution in [-0.2, 0) is 4.79 Å². The second-order valence-electron chi connectivity index (χ2n) is 6.72. The summed E-state index contributed by atoms with van der Waals surface area (Å²) < 4.78 is 0. The van der Waals surface area contributed by atoms with Crippen LogP contribution in [0.5, 0.6) is 0 Å². The van der Waals surface area contributed by atoms with Crippen LogP contribution in [0, 0.1) is 11.8 Å². The minimum Gasteiger partial charge on any atom is -0.386 e. The van der Waals surface area contributed by atoms with E-state index in [4.69, 9.17) is 0 Å². The van der Waals surface area contributed by atoms with Crippen LogP contribution in [0.2, 0.25) is 0 Å². The van der Waals surface area contributed by atoms with Crippen LogP contribution in [-0.4, -0.2) is 29.0 Å². The molecule has 0 fully saturated rings. The van der Waals surface area contributed by atoms with Gasteiger partial charge in [-0.15, -0.1) is 0 Å². The lowest BCUT2D eigenvalue weighted by Gasteiger charge is -2.30. The van der Waals surface area contributed by atoms with E-state index in [9.17, 15) is 9.90 Å².